The van der Waals surface area contributed by atoms with Gasteiger partial charge in [-0.15, -0.1) is 0 Å². The van der Waals surface area contributed by atoms with Crippen molar-refractivity contribution in [3.63, 3.8) is 0 Å². The van der Waals surface area contributed by atoms with Crippen molar-refractivity contribution in [3.05, 3.63) is 34.1 Å². The summed E-state index contributed by atoms with van der Waals surface area (Å²) < 4.78 is 13.8. The number of likely N-dealkylation sites (tertiary alicyclic amines) is 1. The van der Waals surface area contributed by atoms with Gasteiger partial charge in [0.1, 0.15) is 5.82 Å². The van der Waals surface area contributed by atoms with Gasteiger partial charge >= 0.3 is 0 Å². The molecule has 0 bridgehead atoms. The molecule has 1 N–H and O–H groups in total. The summed E-state index contributed by atoms with van der Waals surface area (Å²) in [6, 6.07) is 3.16. The lowest BCUT2D eigenvalue weighted by atomic mass is 9.94. The van der Waals surface area contributed by atoms with E-state index < -0.39 is 22.6 Å². The Bertz CT molecular complexity index is 703. The van der Waals surface area contributed by atoms with Crippen molar-refractivity contribution in [3.8, 4) is 0 Å². The fourth-order valence-corrected chi connectivity index (χ4v) is 3.61. The van der Waals surface area contributed by atoms with Crippen LogP contribution in [0.5, 0.6) is 0 Å². The Morgan fingerprint density at radius 1 is 1.28 bits per heavy atom. The van der Waals surface area contributed by atoms with Crippen molar-refractivity contribution in [2.75, 3.05) is 11.9 Å². The highest BCUT2D eigenvalue weighted by Gasteiger charge is 2.38. The molecule has 0 aromatic heterocycles. The van der Waals surface area contributed by atoms with Crippen molar-refractivity contribution in [2.45, 2.75) is 44.6 Å². The van der Waals surface area contributed by atoms with Crippen molar-refractivity contribution < 1.29 is 18.9 Å². The number of hydrogen-bond acceptors (Lipinski definition) is 4. The topological polar surface area (TPSA) is 92.5 Å². The van der Waals surface area contributed by atoms with Gasteiger partial charge in [0.2, 0.25) is 11.8 Å². The number of nitrogens with zero attached hydrogens (tertiary/aromatic N) is 2. The summed E-state index contributed by atoms with van der Waals surface area (Å²) in [5, 5.41) is 13.2. The van der Waals surface area contributed by atoms with Gasteiger partial charge in [-0.3, -0.25) is 19.7 Å². The van der Waals surface area contributed by atoms with Crippen molar-refractivity contribution in [2.24, 2.45) is 5.92 Å². The molecule has 0 spiro atoms. The molecule has 2 amide bonds. The van der Waals surface area contributed by atoms with Gasteiger partial charge in [-0.2, -0.15) is 0 Å². The van der Waals surface area contributed by atoms with E-state index in [1.807, 2.05) is 0 Å². The second kappa shape index (κ2) is 7.16. The lowest BCUT2D eigenvalue weighted by molar-refractivity contribution is -0.384. The number of benzene rings is 1. The van der Waals surface area contributed by atoms with Crippen molar-refractivity contribution >= 4 is 23.2 Å². The first kappa shape index (κ1) is 17.3. The van der Waals surface area contributed by atoms with Crippen LogP contribution in [0, 0.1) is 21.8 Å². The van der Waals surface area contributed by atoms with Gasteiger partial charge in [-0.1, -0.05) is 19.3 Å². The predicted octanol–water partition coefficient (Wildman–Crippen LogP) is 2.85. The maximum absolute atomic E-state index is 13.8. The van der Waals surface area contributed by atoms with Crippen LogP contribution in [0.15, 0.2) is 18.2 Å². The number of nitrogens with one attached hydrogen (secondary N) is 1. The van der Waals surface area contributed by atoms with E-state index in [2.05, 4.69) is 5.32 Å². The van der Waals surface area contributed by atoms with Crippen LogP contribution in [0.4, 0.5) is 15.8 Å². The molecule has 1 aliphatic heterocycles. The van der Waals surface area contributed by atoms with E-state index in [-0.39, 0.29) is 29.7 Å². The standard InChI is InChI=1S/C17H20FN3O4/c18-14-7-6-13(21(24)25)9-15(14)19-17(23)11-8-16(22)20(10-11)12-4-2-1-3-5-12/h6-7,9,11-12H,1-5,8,10H2,(H,19,23)/t11-/m1/s1. The zero-order valence-corrected chi connectivity index (χ0v) is 13.7. The van der Waals surface area contributed by atoms with Gasteiger partial charge in [-0.05, 0) is 18.9 Å². The Labute approximate surface area is 144 Å². The van der Waals surface area contributed by atoms with Crippen LogP contribution in [0.1, 0.15) is 38.5 Å². The molecule has 7 nitrogen and oxygen atoms in total. The van der Waals surface area contributed by atoms with Gasteiger partial charge in [0.25, 0.3) is 5.69 Å². The normalized spacial score (nSPS) is 21.4. The minimum absolute atomic E-state index is 0.0495. The summed E-state index contributed by atoms with van der Waals surface area (Å²) in [4.78, 5) is 36.5. The molecule has 1 aliphatic carbocycles. The Hall–Kier alpha value is -2.51. The third kappa shape index (κ3) is 3.78. The smallest absolute Gasteiger partial charge is 0.271 e. The average Bonchev–Trinajstić information content (AvgIpc) is 2.99. The first-order valence-electron chi connectivity index (χ1n) is 8.50. The number of amides is 2. The molecular formula is C17H20FN3O4. The summed E-state index contributed by atoms with van der Waals surface area (Å²) in [5.41, 5.74) is -0.536. The molecule has 3 rings (SSSR count). The number of non-ortho nitro benzene ring substituents is 1. The summed E-state index contributed by atoms with van der Waals surface area (Å²) in [5.74, 6) is -1.84. The number of anilines is 1. The average molecular weight is 349 g/mol. The van der Waals surface area contributed by atoms with E-state index in [9.17, 15) is 24.1 Å². The number of nitro benzene ring substituents is 1. The molecule has 1 saturated heterocycles. The fourth-order valence-electron chi connectivity index (χ4n) is 3.61. The molecule has 25 heavy (non-hydrogen) atoms. The SMILES string of the molecule is O=C(Nc1cc([N+](=O)[O-])ccc1F)[C@@H]1CC(=O)N(C2CCCCC2)C1. The van der Waals surface area contributed by atoms with Gasteiger partial charge in [-0.25, -0.2) is 4.39 Å². The molecule has 134 valence electrons. The highest BCUT2D eigenvalue weighted by Crippen LogP contribution is 2.30. The van der Waals surface area contributed by atoms with E-state index in [0.717, 1.165) is 43.9 Å². The zero-order chi connectivity index (χ0) is 18.0. The molecule has 1 saturated carbocycles. The Morgan fingerprint density at radius 3 is 2.68 bits per heavy atom. The number of rotatable bonds is 4. The second-order valence-electron chi connectivity index (χ2n) is 6.65. The van der Waals surface area contributed by atoms with Gasteiger partial charge in [0.05, 0.1) is 16.5 Å². The zero-order valence-electron chi connectivity index (χ0n) is 13.7. The van der Waals surface area contributed by atoms with Crippen LogP contribution in [-0.4, -0.2) is 34.2 Å². The summed E-state index contributed by atoms with van der Waals surface area (Å²) >= 11 is 0. The van der Waals surface area contributed by atoms with Crippen LogP contribution >= 0.6 is 0 Å². The molecular weight excluding hydrogens is 329 g/mol. The van der Waals surface area contributed by atoms with Crippen molar-refractivity contribution in [1.29, 1.82) is 0 Å². The molecule has 1 heterocycles. The van der Waals surface area contributed by atoms with Crippen LogP contribution < -0.4 is 5.32 Å². The first-order valence-corrected chi connectivity index (χ1v) is 8.50. The van der Waals surface area contributed by atoms with E-state index in [0.29, 0.717) is 6.54 Å². The van der Waals surface area contributed by atoms with Crippen LogP contribution in [0.3, 0.4) is 0 Å². The lowest BCUT2D eigenvalue weighted by Crippen LogP contribution is -2.38. The van der Waals surface area contributed by atoms with Crippen LogP contribution in [0.25, 0.3) is 0 Å². The molecule has 1 atom stereocenters. The number of carbonyl (C=O) groups is 2. The summed E-state index contributed by atoms with van der Waals surface area (Å²) in [6.45, 7) is 0.325. The largest absolute Gasteiger partial charge is 0.339 e. The van der Waals surface area contributed by atoms with Gasteiger partial charge in [0.15, 0.2) is 0 Å². The second-order valence-corrected chi connectivity index (χ2v) is 6.65. The lowest BCUT2D eigenvalue weighted by Gasteiger charge is -2.31. The Morgan fingerprint density at radius 2 is 2.00 bits per heavy atom. The third-order valence-corrected chi connectivity index (χ3v) is 4.96. The van der Waals surface area contributed by atoms with Gasteiger partial charge in [0, 0.05) is 31.1 Å². The molecule has 1 aromatic carbocycles. The first-order chi connectivity index (χ1) is 12.0. The van der Waals surface area contributed by atoms with E-state index in [1.165, 1.54) is 6.42 Å². The number of hydrogen-bond donors (Lipinski definition) is 1. The minimum Gasteiger partial charge on any atom is -0.339 e. The molecule has 2 fully saturated rings. The van der Waals surface area contributed by atoms with E-state index >= 15 is 0 Å². The monoisotopic (exact) mass is 349 g/mol. The van der Waals surface area contributed by atoms with Crippen LogP contribution in [0.2, 0.25) is 0 Å². The van der Waals surface area contributed by atoms with Crippen LogP contribution in [-0.2, 0) is 9.59 Å². The number of halogens is 1. The maximum Gasteiger partial charge on any atom is 0.271 e. The maximum atomic E-state index is 13.8. The summed E-state index contributed by atoms with van der Waals surface area (Å²) in [7, 11) is 0. The highest BCUT2D eigenvalue weighted by molar-refractivity contribution is 5.97. The molecule has 0 unspecified atom stereocenters. The predicted molar refractivity (Wildman–Crippen MR) is 88.4 cm³/mol. The highest BCUT2D eigenvalue weighted by atomic mass is 19.1. The summed E-state index contributed by atoms with van der Waals surface area (Å²) in [6.07, 6.45) is 5.36. The quantitative estimate of drug-likeness (QED) is 0.668. The molecule has 8 heteroatoms. The fraction of sp³-hybridized carbons (Fsp3) is 0.529. The van der Waals surface area contributed by atoms with Crippen molar-refractivity contribution in [1.82, 2.24) is 4.90 Å². The Balaban J connectivity index is 1.67. The molecule has 0 radical (unpaired) electrons. The number of nitro groups is 1. The van der Waals surface area contributed by atoms with Gasteiger partial charge < -0.3 is 10.2 Å². The third-order valence-electron chi connectivity index (χ3n) is 4.96. The minimum atomic E-state index is -0.743. The van der Waals surface area contributed by atoms with E-state index in [4.69, 9.17) is 0 Å². The van der Waals surface area contributed by atoms with E-state index in [1.54, 1.807) is 4.90 Å². The Kier molecular flexibility index (Phi) is 4.96. The molecule has 2 aliphatic rings. The molecule has 1 aromatic rings. The number of carbonyl (C=O) groups excluding carboxylic acids is 2.